The van der Waals surface area contributed by atoms with Gasteiger partial charge in [0.25, 0.3) is 0 Å². The second-order valence-corrected chi connectivity index (χ2v) is 8.89. The number of ether oxygens (including phenoxy) is 1. The van der Waals surface area contributed by atoms with E-state index in [2.05, 4.69) is 41.1 Å². The van der Waals surface area contributed by atoms with Gasteiger partial charge in [0.15, 0.2) is 0 Å². The van der Waals surface area contributed by atoms with Crippen molar-refractivity contribution in [2.24, 2.45) is 5.41 Å². The minimum absolute atomic E-state index is 0.0780. The Labute approximate surface area is 178 Å². The zero-order valence-corrected chi connectivity index (χ0v) is 17.7. The molecule has 1 N–H and O–H groups in total. The minimum Gasteiger partial charge on any atom is -0.461 e. The second kappa shape index (κ2) is 7.92. The van der Waals surface area contributed by atoms with E-state index in [9.17, 15) is 4.79 Å². The lowest BCUT2D eigenvalue weighted by Crippen LogP contribution is -2.50. The molecule has 30 heavy (non-hydrogen) atoms. The van der Waals surface area contributed by atoms with E-state index >= 15 is 0 Å². The lowest BCUT2D eigenvalue weighted by atomic mass is 9.66. The monoisotopic (exact) mass is 402 g/mol. The van der Waals surface area contributed by atoms with Crippen LogP contribution in [-0.2, 0) is 22.6 Å². The number of hydrogen-bond acceptors (Lipinski definition) is 3. The van der Waals surface area contributed by atoms with Gasteiger partial charge in [-0.05, 0) is 49.4 Å². The molecule has 2 aliphatic heterocycles. The number of carbonyl (C=O) groups is 1. The molecular formula is C26H30N2O2. The van der Waals surface area contributed by atoms with Crippen LogP contribution in [-0.4, -0.2) is 28.9 Å². The molecule has 0 spiro atoms. The lowest BCUT2D eigenvalue weighted by molar-refractivity contribution is -0.151. The van der Waals surface area contributed by atoms with Crippen LogP contribution in [0.5, 0.6) is 0 Å². The highest BCUT2D eigenvalue weighted by Gasteiger charge is 2.48. The van der Waals surface area contributed by atoms with E-state index in [0.717, 1.165) is 44.3 Å². The number of fused-ring (bicyclic) bond motifs is 5. The highest BCUT2D eigenvalue weighted by Crippen LogP contribution is 2.53. The van der Waals surface area contributed by atoms with Gasteiger partial charge in [0.2, 0.25) is 0 Å². The highest BCUT2D eigenvalue weighted by molar-refractivity contribution is 5.85. The maximum Gasteiger partial charge on any atom is 0.306 e. The molecule has 2 aromatic carbocycles. The number of aromatic nitrogens is 1. The van der Waals surface area contributed by atoms with Crippen molar-refractivity contribution in [1.82, 2.24) is 9.88 Å². The number of aromatic amines is 1. The van der Waals surface area contributed by atoms with Crippen LogP contribution in [0.1, 0.15) is 55.5 Å². The Hall–Kier alpha value is -2.59. The average Bonchev–Trinajstić information content (AvgIpc) is 3.17. The molecule has 5 rings (SSSR count). The molecule has 156 valence electrons. The molecule has 2 aliphatic rings. The Morgan fingerprint density at radius 1 is 1.13 bits per heavy atom. The van der Waals surface area contributed by atoms with Gasteiger partial charge in [-0.1, -0.05) is 55.5 Å². The SMILES string of the molecule is CC[C@@]1(CC(=O)OCc2ccccc2)CCCN2CCc3c([nH]c4ccccc34)[C@@H]21. The van der Waals surface area contributed by atoms with E-state index in [1.54, 1.807) is 0 Å². The summed E-state index contributed by atoms with van der Waals surface area (Å²) in [4.78, 5) is 19.3. The number of para-hydroxylation sites is 1. The van der Waals surface area contributed by atoms with Crippen molar-refractivity contribution in [3.63, 3.8) is 0 Å². The van der Waals surface area contributed by atoms with Crippen molar-refractivity contribution in [2.45, 2.75) is 51.7 Å². The van der Waals surface area contributed by atoms with Gasteiger partial charge in [-0.15, -0.1) is 0 Å². The van der Waals surface area contributed by atoms with Crippen LogP contribution >= 0.6 is 0 Å². The predicted molar refractivity (Wildman–Crippen MR) is 119 cm³/mol. The third-order valence-electron chi connectivity index (χ3n) is 7.28. The van der Waals surface area contributed by atoms with E-state index < -0.39 is 0 Å². The predicted octanol–water partition coefficient (Wildman–Crippen LogP) is 5.39. The normalized spacial score (nSPS) is 23.7. The molecule has 0 unspecified atom stereocenters. The average molecular weight is 403 g/mol. The van der Waals surface area contributed by atoms with Gasteiger partial charge >= 0.3 is 5.97 Å². The van der Waals surface area contributed by atoms with Crippen LogP contribution < -0.4 is 0 Å². The summed E-state index contributed by atoms with van der Waals surface area (Å²) in [6.07, 6.45) is 4.75. The molecule has 0 bridgehead atoms. The summed E-state index contributed by atoms with van der Waals surface area (Å²) in [6.45, 7) is 4.77. The lowest BCUT2D eigenvalue weighted by Gasteiger charge is -2.51. The van der Waals surface area contributed by atoms with Gasteiger partial charge in [0, 0.05) is 28.6 Å². The number of esters is 1. The molecule has 1 aromatic heterocycles. The first-order valence-electron chi connectivity index (χ1n) is 11.2. The van der Waals surface area contributed by atoms with Crippen LogP contribution in [0.25, 0.3) is 10.9 Å². The maximum atomic E-state index is 13.0. The molecule has 4 nitrogen and oxygen atoms in total. The Morgan fingerprint density at radius 3 is 2.77 bits per heavy atom. The number of benzene rings is 2. The second-order valence-electron chi connectivity index (χ2n) is 8.89. The molecular weight excluding hydrogens is 372 g/mol. The number of piperidine rings is 1. The first-order valence-corrected chi connectivity index (χ1v) is 11.2. The first kappa shape index (κ1) is 19.4. The van der Waals surface area contributed by atoms with Crippen LogP contribution in [0.15, 0.2) is 54.6 Å². The first-order chi connectivity index (χ1) is 14.7. The zero-order valence-electron chi connectivity index (χ0n) is 17.7. The van der Waals surface area contributed by atoms with Crippen LogP contribution in [0.2, 0.25) is 0 Å². The largest absolute Gasteiger partial charge is 0.461 e. The summed E-state index contributed by atoms with van der Waals surface area (Å²) in [5, 5.41) is 1.34. The number of H-pyrrole nitrogens is 1. The van der Waals surface area contributed by atoms with Crippen molar-refractivity contribution in [3.05, 3.63) is 71.4 Å². The van der Waals surface area contributed by atoms with Crippen molar-refractivity contribution in [2.75, 3.05) is 13.1 Å². The number of carbonyl (C=O) groups excluding carboxylic acids is 1. The summed E-state index contributed by atoms with van der Waals surface area (Å²) < 4.78 is 5.72. The Morgan fingerprint density at radius 2 is 1.93 bits per heavy atom. The standard InChI is InChI=1S/C26H30N2O2/c1-2-26(17-23(29)30-18-19-9-4-3-5-10-19)14-8-15-28-16-13-21-20-11-6-7-12-22(20)27-24(21)25(26)28/h3-7,9-12,25,27H,2,8,13-18H2,1H3/t25-,26+/m1/s1. The van der Waals surface area contributed by atoms with Crippen molar-refractivity contribution in [1.29, 1.82) is 0 Å². The molecule has 1 fully saturated rings. The van der Waals surface area contributed by atoms with Crippen LogP contribution in [0.3, 0.4) is 0 Å². The van der Waals surface area contributed by atoms with Crippen LogP contribution in [0.4, 0.5) is 0 Å². The molecule has 4 heteroatoms. The van der Waals surface area contributed by atoms with Gasteiger partial charge < -0.3 is 9.72 Å². The van der Waals surface area contributed by atoms with Gasteiger partial charge in [-0.3, -0.25) is 9.69 Å². The van der Waals surface area contributed by atoms with Crippen LogP contribution in [0, 0.1) is 5.41 Å². The van der Waals surface area contributed by atoms with Crippen molar-refractivity contribution in [3.8, 4) is 0 Å². The number of nitrogens with one attached hydrogen (secondary N) is 1. The van der Waals surface area contributed by atoms with Gasteiger partial charge in [-0.25, -0.2) is 0 Å². The summed E-state index contributed by atoms with van der Waals surface area (Å²) >= 11 is 0. The molecule has 0 aliphatic carbocycles. The molecule has 1 saturated heterocycles. The zero-order chi connectivity index (χ0) is 20.6. The summed E-state index contributed by atoms with van der Waals surface area (Å²) in [7, 11) is 0. The third kappa shape index (κ3) is 3.33. The van der Waals surface area contributed by atoms with E-state index in [1.165, 1.54) is 22.2 Å². The topological polar surface area (TPSA) is 45.3 Å². The summed E-state index contributed by atoms with van der Waals surface area (Å²) in [6, 6.07) is 18.8. The van der Waals surface area contributed by atoms with E-state index in [0.29, 0.717) is 13.0 Å². The Balaban J connectivity index is 1.44. The number of rotatable bonds is 5. The molecule has 3 aromatic rings. The number of nitrogens with zero attached hydrogens (tertiary/aromatic N) is 1. The van der Waals surface area contributed by atoms with E-state index in [1.807, 2.05) is 30.3 Å². The fourth-order valence-corrected chi connectivity index (χ4v) is 5.75. The summed E-state index contributed by atoms with van der Waals surface area (Å²) in [5.74, 6) is -0.0780. The fraction of sp³-hybridized carbons (Fsp3) is 0.423. The van der Waals surface area contributed by atoms with Crippen molar-refractivity contribution < 1.29 is 9.53 Å². The molecule has 0 saturated carbocycles. The Kier molecular flexibility index (Phi) is 5.11. The fourth-order valence-electron chi connectivity index (χ4n) is 5.75. The van der Waals surface area contributed by atoms with Gasteiger partial charge in [-0.2, -0.15) is 0 Å². The van der Waals surface area contributed by atoms with Gasteiger partial charge in [0.1, 0.15) is 6.61 Å². The van der Waals surface area contributed by atoms with Crippen molar-refractivity contribution >= 4 is 16.9 Å². The summed E-state index contributed by atoms with van der Waals surface area (Å²) in [5.41, 5.74) is 4.95. The third-order valence-corrected chi connectivity index (χ3v) is 7.28. The molecule has 0 radical (unpaired) electrons. The number of hydrogen-bond donors (Lipinski definition) is 1. The maximum absolute atomic E-state index is 13.0. The van der Waals surface area contributed by atoms with Gasteiger partial charge in [0.05, 0.1) is 12.5 Å². The van der Waals surface area contributed by atoms with E-state index in [-0.39, 0.29) is 17.4 Å². The van der Waals surface area contributed by atoms with E-state index in [4.69, 9.17) is 4.74 Å². The highest BCUT2D eigenvalue weighted by atomic mass is 16.5. The molecule has 0 amide bonds. The Bertz CT molecular complexity index is 1040. The molecule has 2 atom stereocenters. The quantitative estimate of drug-likeness (QED) is 0.582. The smallest absolute Gasteiger partial charge is 0.306 e. The minimum atomic E-state index is -0.0813. The molecule has 3 heterocycles.